The zero-order valence-electron chi connectivity index (χ0n) is 24.3. The van der Waals surface area contributed by atoms with Crippen molar-refractivity contribution in [2.45, 2.75) is 108 Å². The summed E-state index contributed by atoms with van der Waals surface area (Å²) in [5, 5.41) is 20.3. The van der Waals surface area contributed by atoms with Crippen molar-refractivity contribution in [3.8, 4) is 0 Å². The van der Waals surface area contributed by atoms with Crippen LogP contribution in [0.3, 0.4) is 0 Å². The monoisotopic (exact) mass is 579 g/mol. The number of aromatic nitrogens is 3. The van der Waals surface area contributed by atoms with Gasteiger partial charge in [0.05, 0.1) is 11.6 Å². The maximum atomic E-state index is 14.4. The van der Waals surface area contributed by atoms with E-state index in [1.165, 1.54) is 44.9 Å². The minimum Gasteiger partial charge on any atom is -0.390 e. The highest BCUT2D eigenvalue weighted by Crippen LogP contribution is 2.56. The molecule has 7 nitrogen and oxygen atoms in total. The first kappa shape index (κ1) is 27.8. The number of rotatable bonds is 8. The Kier molecular flexibility index (Phi) is 7.66. The summed E-state index contributed by atoms with van der Waals surface area (Å²) in [7, 11) is 0. The third kappa shape index (κ3) is 5.71. The number of benzene rings is 1. The number of amides is 1. The molecule has 2 N–H and O–H groups in total. The molecule has 3 unspecified atom stereocenters. The van der Waals surface area contributed by atoms with E-state index in [0.29, 0.717) is 36.1 Å². The number of carbonyl (C=O) groups is 1. The SMILES string of the molecule is O=C([C@@H](Cc1ccc(Cl)cc1)NC1[C@@H]2CC3C[C@H]1CC(O)(C3)C2)N1CCC(Cn2cncn2)(C2CCCCC2)CC1. The van der Waals surface area contributed by atoms with Crippen LogP contribution in [-0.2, 0) is 17.8 Å². The first-order chi connectivity index (χ1) is 19.9. The van der Waals surface area contributed by atoms with E-state index < -0.39 is 5.60 Å². The summed E-state index contributed by atoms with van der Waals surface area (Å²) in [4.78, 5) is 20.7. The molecule has 1 aromatic carbocycles. The van der Waals surface area contributed by atoms with Gasteiger partial charge >= 0.3 is 0 Å². The van der Waals surface area contributed by atoms with E-state index in [0.717, 1.165) is 62.3 Å². The van der Waals surface area contributed by atoms with E-state index in [-0.39, 0.29) is 17.4 Å². The lowest BCUT2D eigenvalue weighted by atomic mass is 9.52. The highest BCUT2D eigenvalue weighted by Gasteiger charge is 2.55. The van der Waals surface area contributed by atoms with E-state index in [4.69, 9.17) is 11.6 Å². The van der Waals surface area contributed by atoms with E-state index in [1.807, 2.05) is 23.1 Å². The molecule has 8 heteroatoms. The van der Waals surface area contributed by atoms with Crippen LogP contribution < -0.4 is 5.32 Å². The van der Waals surface area contributed by atoms with Crippen molar-refractivity contribution >= 4 is 17.5 Å². The van der Waals surface area contributed by atoms with Crippen LogP contribution in [0.4, 0.5) is 0 Å². The van der Waals surface area contributed by atoms with Gasteiger partial charge in [0.15, 0.2) is 0 Å². The van der Waals surface area contributed by atoms with Gasteiger partial charge in [-0.25, -0.2) is 4.98 Å². The van der Waals surface area contributed by atoms with Crippen molar-refractivity contribution in [3.63, 3.8) is 0 Å². The van der Waals surface area contributed by atoms with Gasteiger partial charge in [-0.1, -0.05) is 43.0 Å². The highest BCUT2D eigenvalue weighted by molar-refractivity contribution is 6.30. The van der Waals surface area contributed by atoms with Crippen molar-refractivity contribution in [1.29, 1.82) is 0 Å². The Hall–Kier alpha value is -1.96. The predicted octanol–water partition coefficient (Wildman–Crippen LogP) is 5.26. The molecule has 6 fully saturated rings. The van der Waals surface area contributed by atoms with E-state index in [9.17, 15) is 9.90 Å². The summed E-state index contributed by atoms with van der Waals surface area (Å²) >= 11 is 6.20. The Balaban J connectivity index is 1.09. The smallest absolute Gasteiger partial charge is 0.240 e. The molecule has 4 bridgehead atoms. The summed E-state index contributed by atoms with van der Waals surface area (Å²) in [6, 6.07) is 8.04. The lowest BCUT2D eigenvalue weighted by Crippen LogP contribution is -2.64. The second kappa shape index (κ2) is 11.3. The second-order valence-electron chi connectivity index (χ2n) is 14.4. The molecule has 1 aromatic heterocycles. The Morgan fingerprint density at radius 3 is 2.39 bits per heavy atom. The average molecular weight is 580 g/mol. The summed E-state index contributed by atoms with van der Waals surface area (Å²) in [6.45, 7) is 2.52. The molecular weight excluding hydrogens is 534 g/mol. The van der Waals surface area contributed by atoms with Gasteiger partial charge < -0.3 is 15.3 Å². The van der Waals surface area contributed by atoms with Crippen LogP contribution in [0.2, 0.25) is 5.02 Å². The summed E-state index contributed by atoms with van der Waals surface area (Å²) < 4.78 is 2.03. The second-order valence-corrected chi connectivity index (χ2v) is 14.8. The fourth-order valence-corrected chi connectivity index (χ4v) is 10.1. The third-order valence-electron chi connectivity index (χ3n) is 11.8. The first-order valence-corrected chi connectivity index (χ1v) is 16.6. The van der Waals surface area contributed by atoms with Crippen molar-refractivity contribution < 1.29 is 9.90 Å². The highest BCUT2D eigenvalue weighted by atomic mass is 35.5. The molecule has 5 saturated carbocycles. The zero-order chi connectivity index (χ0) is 28.0. The summed E-state index contributed by atoms with van der Waals surface area (Å²) in [5.41, 5.74) is 0.854. The number of hydrogen-bond donors (Lipinski definition) is 2. The van der Waals surface area contributed by atoms with Gasteiger partial charge in [0.2, 0.25) is 5.91 Å². The van der Waals surface area contributed by atoms with Crippen LogP contribution in [0.25, 0.3) is 0 Å². The molecule has 8 rings (SSSR count). The summed E-state index contributed by atoms with van der Waals surface area (Å²) in [6.07, 6.45) is 17.9. The molecule has 6 aliphatic rings. The van der Waals surface area contributed by atoms with Gasteiger partial charge in [0.1, 0.15) is 12.7 Å². The Bertz CT molecular complexity index is 1170. The molecular formula is C33H46ClN5O2. The number of nitrogens with one attached hydrogen (secondary N) is 1. The van der Waals surface area contributed by atoms with E-state index in [2.05, 4.69) is 32.4 Å². The standard InChI is InChI=1S/C33H46ClN5O2/c34-28-8-6-23(7-9-28)16-29(37-30-25-14-24-15-26(30)19-33(41,17-24)18-25)31(40)38-12-10-32(11-13-38,20-39-22-35-21-36-39)27-4-2-1-3-5-27/h6-9,21-22,24-27,29-30,37,41H,1-5,10-20H2/t24?,25-,26+,29-,30?,33?/m1/s1. The normalized spacial score (nSPS) is 33.7. The van der Waals surface area contributed by atoms with Gasteiger partial charge in [-0.2, -0.15) is 5.10 Å². The molecule has 6 atom stereocenters. The molecule has 1 aliphatic heterocycles. The Morgan fingerprint density at radius 2 is 1.76 bits per heavy atom. The quantitative estimate of drug-likeness (QED) is 0.446. The molecule has 2 heterocycles. The Morgan fingerprint density at radius 1 is 1.05 bits per heavy atom. The maximum absolute atomic E-state index is 14.4. The maximum Gasteiger partial charge on any atom is 0.240 e. The van der Waals surface area contributed by atoms with Crippen molar-refractivity contribution in [2.24, 2.45) is 29.1 Å². The fourth-order valence-electron chi connectivity index (χ4n) is 10.00. The molecule has 0 spiro atoms. The zero-order valence-corrected chi connectivity index (χ0v) is 25.0. The first-order valence-electron chi connectivity index (χ1n) is 16.2. The van der Waals surface area contributed by atoms with Crippen molar-refractivity contribution in [1.82, 2.24) is 25.0 Å². The number of carbonyl (C=O) groups excluding carboxylic acids is 1. The van der Waals surface area contributed by atoms with Crippen LogP contribution in [-0.4, -0.2) is 61.5 Å². The molecule has 1 amide bonds. The number of halogens is 1. The van der Waals surface area contributed by atoms with Gasteiger partial charge in [-0.05, 0) is 111 Å². The van der Waals surface area contributed by atoms with Crippen LogP contribution in [0.5, 0.6) is 0 Å². The third-order valence-corrected chi connectivity index (χ3v) is 12.0. The van der Waals surface area contributed by atoms with Crippen molar-refractivity contribution in [3.05, 3.63) is 47.5 Å². The summed E-state index contributed by atoms with van der Waals surface area (Å²) in [5.74, 6) is 2.52. The molecule has 2 aromatic rings. The number of piperidine rings is 1. The molecule has 5 aliphatic carbocycles. The van der Waals surface area contributed by atoms with Crippen molar-refractivity contribution in [2.75, 3.05) is 13.1 Å². The lowest BCUT2D eigenvalue weighted by molar-refractivity contribution is -0.146. The minimum absolute atomic E-state index is 0.181. The largest absolute Gasteiger partial charge is 0.390 e. The molecule has 222 valence electrons. The fraction of sp³-hybridized carbons (Fsp3) is 0.727. The van der Waals surface area contributed by atoms with Gasteiger partial charge in [-0.3, -0.25) is 9.48 Å². The predicted molar refractivity (Wildman–Crippen MR) is 159 cm³/mol. The van der Waals surface area contributed by atoms with Crippen LogP contribution in [0.15, 0.2) is 36.9 Å². The topological polar surface area (TPSA) is 83.3 Å². The molecule has 0 radical (unpaired) electrons. The number of hydrogen-bond acceptors (Lipinski definition) is 5. The Labute approximate surface area is 249 Å². The average Bonchev–Trinajstić information content (AvgIpc) is 3.48. The van der Waals surface area contributed by atoms with Gasteiger partial charge in [0.25, 0.3) is 0 Å². The van der Waals surface area contributed by atoms with Gasteiger partial charge in [0, 0.05) is 30.7 Å². The van der Waals surface area contributed by atoms with Crippen LogP contribution >= 0.6 is 11.6 Å². The van der Waals surface area contributed by atoms with Gasteiger partial charge in [-0.15, -0.1) is 0 Å². The van der Waals surface area contributed by atoms with E-state index >= 15 is 0 Å². The van der Waals surface area contributed by atoms with E-state index in [1.54, 1.807) is 6.33 Å². The molecule has 1 saturated heterocycles. The van der Waals surface area contributed by atoms with Crippen LogP contribution in [0, 0.1) is 29.1 Å². The minimum atomic E-state index is -0.468. The number of likely N-dealkylation sites (tertiary alicyclic amines) is 1. The lowest BCUT2D eigenvalue weighted by Gasteiger charge is -2.58. The molecule has 41 heavy (non-hydrogen) atoms. The number of aliphatic hydroxyl groups is 1. The van der Waals surface area contributed by atoms with Crippen LogP contribution in [0.1, 0.15) is 82.6 Å². The number of nitrogens with zero attached hydrogens (tertiary/aromatic N) is 4.